The molecule has 3 rings (SSSR count). The number of nitro benzene ring substituents is 1. The number of hydrogen-bond donors (Lipinski definition) is 5. The summed E-state index contributed by atoms with van der Waals surface area (Å²) >= 11 is 0. The molecule has 168 valence electrons. The van der Waals surface area contributed by atoms with Gasteiger partial charge in [0.1, 0.15) is 42.4 Å². The predicted molar refractivity (Wildman–Crippen MR) is 97.3 cm³/mol. The lowest BCUT2D eigenvalue weighted by Crippen LogP contribution is -2.63. The molecule has 0 amide bonds. The van der Waals surface area contributed by atoms with Gasteiger partial charge in [0.2, 0.25) is 6.29 Å². The van der Waals surface area contributed by atoms with Crippen LogP contribution in [0.15, 0.2) is 24.3 Å². The number of non-ortho nitro benzene ring substituents is 1. The smallest absolute Gasteiger partial charge is 0.269 e. The summed E-state index contributed by atoms with van der Waals surface area (Å²) < 4.78 is 21.9. The minimum atomic E-state index is -1.62. The molecule has 30 heavy (non-hydrogen) atoms. The highest BCUT2D eigenvalue weighted by Gasteiger charge is 2.49. The van der Waals surface area contributed by atoms with Crippen molar-refractivity contribution in [2.24, 2.45) is 0 Å². The van der Waals surface area contributed by atoms with Crippen molar-refractivity contribution in [1.29, 1.82) is 0 Å². The first-order valence-electron chi connectivity index (χ1n) is 9.38. The molecule has 5 N–H and O–H groups in total. The Labute approximate surface area is 171 Å². The van der Waals surface area contributed by atoms with E-state index in [-0.39, 0.29) is 11.4 Å². The van der Waals surface area contributed by atoms with Crippen LogP contribution < -0.4 is 4.74 Å². The molecule has 2 fully saturated rings. The molecule has 0 aliphatic carbocycles. The Morgan fingerprint density at radius 2 is 1.40 bits per heavy atom. The second kappa shape index (κ2) is 9.08. The van der Waals surface area contributed by atoms with Crippen LogP contribution in [0, 0.1) is 10.1 Å². The summed E-state index contributed by atoms with van der Waals surface area (Å²) in [7, 11) is 0. The highest BCUT2D eigenvalue weighted by Crippen LogP contribution is 2.30. The maximum atomic E-state index is 10.7. The molecule has 0 bridgehead atoms. The molecule has 12 heteroatoms. The van der Waals surface area contributed by atoms with E-state index >= 15 is 0 Å². The molecule has 2 saturated heterocycles. The van der Waals surface area contributed by atoms with Gasteiger partial charge < -0.3 is 44.5 Å². The van der Waals surface area contributed by atoms with Crippen LogP contribution in [-0.4, -0.2) is 91.9 Å². The number of aliphatic hydroxyl groups excluding tert-OH is 5. The lowest BCUT2D eigenvalue weighted by atomic mass is 9.97. The zero-order valence-corrected chi connectivity index (χ0v) is 16.2. The molecular formula is C18H25NO11. The van der Waals surface area contributed by atoms with Gasteiger partial charge in [0, 0.05) is 12.1 Å². The van der Waals surface area contributed by atoms with Crippen LogP contribution in [0.1, 0.15) is 13.8 Å². The number of rotatable bonds is 5. The van der Waals surface area contributed by atoms with Gasteiger partial charge in [0.15, 0.2) is 6.29 Å². The standard InChI is InChI=1S/C18H25NO11/c1-7-11(20)13(22)14(23)17(27-7)30-16-12(21)8(2)28-18(15(16)24)29-10-5-3-9(4-6-10)19(25)26/h3-8,11-18,20-24H,1-2H3/t7-,8-,11+,12+,13+,14-,15-,16+,17+,18+/m1/s1. The Balaban J connectivity index is 1.72. The summed E-state index contributed by atoms with van der Waals surface area (Å²) in [4.78, 5) is 10.2. The number of nitrogens with zero attached hydrogens (tertiary/aromatic N) is 1. The second-order valence-electron chi connectivity index (χ2n) is 7.34. The van der Waals surface area contributed by atoms with E-state index in [1.54, 1.807) is 0 Å². The predicted octanol–water partition coefficient (Wildman–Crippen LogP) is -1.35. The Bertz CT molecular complexity index is 731. The monoisotopic (exact) mass is 431 g/mol. The van der Waals surface area contributed by atoms with Crippen molar-refractivity contribution in [3.8, 4) is 5.75 Å². The van der Waals surface area contributed by atoms with E-state index in [0.29, 0.717) is 0 Å². The minimum absolute atomic E-state index is 0.143. The minimum Gasteiger partial charge on any atom is -0.462 e. The second-order valence-corrected chi connectivity index (χ2v) is 7.34. The molecule has 2 aliphatic heterocycles. The number of hydrogen-bond acceptors (Lipinski definition) is 11. The molecule has 0 radical (unpaired) electrons. The van der Waals surface area contributed by atoms with Crippen molar-refractivity contribution in [2.45, 2.75) is 75.3 Å². The Morgan fingerprint density at radius 1 is 0.833 bits per heavy atom. The van der Waals surface area contributed by atoms with Gasteiger partial charge in [-0.05, 0) is 26.0 Å². The molecular weight excluding hydrogens is 406 g/mol. The number of nitro groups is 1. The van der Waals surface area contributed by atoms with Crippen molar-refractivity contribution in [3.63, 3.8) is 0 Å². The van der Waals surface area contributed by atoms with Crippen LogP contribution >= 0.6 is 0 Å². The lowest BCUT2D eigenvalue weighted by molar-refractivity contribution is -0.384. The van der Waals surface area contributed by atoms with E-state index in [1.165, 1.54) is 38.1 Å². The van der Waals surface area contributed by atoms with Crippen LogP contribution in [0.2, 0.25) is 0 Å². The third-order valence-corrected chi connectivity index (χ3v) is 5.18. The van der Waals surface area contributed by atoms with Gasteiger partial charge in [-0.15, -0.1) is 0 Å². The quantitative estimate of drug-likeness (QED) is 0.275. The van der Waals surface area contributed by atoms with Crippen LogP contribution in [0.3, 0.4) is 0 Å². The Morgan fingerprint density at radius 3 is 2.00 bits per heavy atom. The first kappa shape index (κ1) is 22.8. The molecule has 1 aromatic rings. The zero-order valence-electron chi connectivity index (χ0n) is 16.2. The van der Waals surface area contributed by atoms with E-state index in [4.69, 9.17) is 18.9 Å². The third-order valence-electron chi connectivity index (χ3n) is 5.18. The maximum absolute atomic E-state index is 10.7. The molecule has 0 spiro atoms. The number of ether oxygens (including phenoxy) is 4. The Kier molecular flexibility index (Phi) is 6.89. The normalized spacial score (nSPS) is 42.0. The van der Waals surface area contributed by atoms with Crippen molar-refractivity contribution in [3.05, 3.63) is 34.4 Å². The Hall–Kier alpha value is -1.90. The van der Waals surface area contributed by atoms with Crippen molar-refractivity contribution in [2.75, 3.05) is 0 Å². The van der Waals surface area contributed by atoms with Gasteiger partial charge in [-0.25, -0.2) is 0 Å². The molecule has 2 aliphatic rings. The number of aliphatic hydroxyl groups is 5. The average molecular weight is 431 g/mol. The highest BCUT2D eigenvalue weighted by atomic mass is 16.7. The van der Waals surface area contributed by atoms with Crippen LogP contribution in [0.4, 0.5) is 5.69 Å². The summed E-state index contributed by atoms with van der Waals surface area (Å²) in [5, 5.41) is 61.6. The van der Waals surface area contributed by atoms with Crippen LogP contribution in [-0.2, 0) is 14.2 Å². The molecule has 0 saturated carbocycles. The van der Waals surface area contributed by atoms with Gasteiger partial charge in [0.25, 0.3) is 5.69 Å². The average Bonchev–Trinajstić information content (AvgIpc) is 2.71. The summed E-state index contributed by atoms with van der Waals surface area (Å²) in [6, 6.07) is 5.09. The first-order valence-corrected chi connectivity index (χ1v) is 9.38. The third kappa shape index (κ3) is 4.55. The molecule has 1 aromatic carbocycles. The molecule has 10 atom stereocenters. The van der Waals surface area contributed by atoms with Crippen LogP contribution in [0.25, 0.3) is 0 Å². The van der Waals surface area contributed by atoms with Gasteiger partial charge in [-0.3, -0.25) is 10.1 Å². The molecule has 0 unspecified atom stereocenters. The topological polar surface area (TPSA) is 181 Å². The van der Waals surface area contributed by atoms with E-state index in [1.807, 2.05) is 0 Å². The van der Waals surface area contributed by atoms with E-state index in [9.17, 15) is 35.6 Å². The summed E-state index contributed by atoms with van der Waals surface area (Å²) in [6.07, 6.45) is -13.1. The van der Waals surface area contributed by atoms with Gasteiger partial charge in [0.05, 0.1) is 17.1 Å². The van der Waals surface area contributed by atoms with E-state index < -0.39 is 66.3 Å². The van der Waals surface area contributed by atoms with Crippen molar-refractivity contribution in [1.82, 2.24) is 0 Å². The fourth-order valence-electron chi connectivity index (χ4n) is 3.32. The van der Waals surface area contributed by atoms with Crippen molar-refractivity contribution >= 4 is 5.69 Å². The highest BCUT2D eigenvalue weighted by molar-refractivity contribution is 5.36. The summed E-state index contributed by atoms with van der Waals surface area (Å²) in [5.41, 5.74) is -0.143. The van der Waals surface area contributed by atoms with Crippen LogP contribution in [0.5, 0.6) is 5.75 Å². The van der Waals surface area contributed by atoms with Gasteiger partial charge in [-0.2, -0.15) is 0 Å². The van der Waals surface area contributed by atoms with Gasteiger partial charge in [-0.1, -0.05) is 0 Å². The largest absolute Gasteiger partial charge is 0.462 e. The van der Waals surface area contributed by atoms with E-state index in [0.717, 1.165) is 0 Å². The summed E-state index contributed by atoms with van der Waals surface area (Å²) in [6.45, 7) is 2.98. The number of benzene rings is 1. The van der Waals surface area contributed by atoms with E-state index in [2.05, 4.69) is 0 Å². The van der Waals surface area contributed by atoms with Crippen molar-refractivity contribution < 1.29 is 49.4 Å². The maximum Gasteiger partial charge on any atom is 0.269 e. The summed E-state index contributed by atoms with van der Waals surface area (Å²) in [5.74, 6) is 0.174. The lowest BCUT2D eigenvalue weighted by Gasteiger charge is -2.45. The van der Waals surface area contributed by atoms with Gasteiger partial charge >= 0.3 is 0 Å². The SMILES string of the molecule is C[C@H]1O[C@@H](O[C@H]2[C@@H](O)[C@@H](C)O[C@@H](Oc3ccc([N+](=O)[O-])cc3)[C@@H]2O)[C@H](O)[C@@H](O)[C@H]1O. The first-order chi connectivity index (χ1) is 14.1. The molecule has 0 aromatic heterocycles. The molecule has 2 heterocycles. The fourth-order valence-corrected chi connectivity index (χ4v) is 3.32. The fraction of sp³-hybridized carbons (Fsp3) is 0.667. The molecule has 12 nitrogen and oxygen atoms in total. The zero-order chi connectivity index (χ0) is 22.2.